The summed E-state index contributed by atoms with van der Waals surface area (Å²) in [5, 5.41) is 5.57. The Bertz CT molecular complexity index is 752. The van der Waals surface area contributed by atoms with E-state index in [1.165, 1.54) is 5.56 Å². The number of fused-ring (bicyclic) bond motifs is 1. The molecule has 0 saturated carbocycles. The van der Waals surface area contributed by atoms with Crippen LogP contribution in [0.25, 0.3) is 22.4 Å². The van der Waals surface area contributed by atoms with Gasteiger partial charge < -0.3 is 10.2 Å². The summed E-state index contributed by atoms with van der Waals surface area (Å²) in [4.78, 5) is 0. The van der Waals surface area contributed by atoms with Crippen molar-refractivity contribution in [3.05, 3.63) is 35.4 Å². The molecule has 4 heteroatoms. The molecule has 2 N–H and O–H groups in total. The van der Waals surface area contributed by atoms with E-state index in [9.17, 15) is 0 Å². The minimum absolute atomic E-state index is 0.703. The summed E-state index contributed by atoms with van der Waals surface area (Å²) in [6.07, 6.45) is 0.838. The lowest BCUT2D eigenvalue weighted by molar-refractivity contribution is 0.624. The molecule has 0 radical (unpaired) electrons. The first-order valence-corrected chi connectivity index (χ1v) is 6.42. The molecule has 0 atom stereocenters. The average molecular weight is 255 g/mol. The van der Waals surface area contributed by atoms with Gasteiger partial charge in [-0.2, -0.15) is 5.10 Å². The molecule has 98 valence electrons. The number of nitrogens with two attached hydrogens (primary N) is 1. The van der Waals surface area contributed by atoms with Crippen LogP contribution in [0.5, 0.6) is 0 Å². The molecule has 0 spiro atoms. The normalized spacial score (nSPS) is 11.3. The molecular formula is C15H17N3O. The Morgan fingerprint density at radius 3 is 2.84 bits per heavy atom. The molecule has 0 saturated heterocycles. The van der Waals surface area contributed by atoms with Crippen molar-refractivity contribution in [3.8, 4) is 11.5 Å². The highest BCUT2D eigenvalue weighted by Crippen LogP contribution is 2.32. The summed E-state index contributed by atoms with van der Waals surface area (Å²) < 4.78 is 7.59. The van der Waals surface area contributed by atoms with Crippen LogP contribution in [0.15, 0.2) is 28.7 Å². The zero-order valence-corrected chi connectivity index (χ0v) is 11.4. The molecule has 3 aromatic rings. The Labute approximate surface area is 111 Å². The molecule has 0 aliphatic carbocycles. The predicted molar refractivity (Wildman–Crippen MR) is 76.9 cm³/mol. The zero-order valence-electron chi connectivity index (χ0n) is 11.4. The minimum Gasteiger partial charge on any atom is -0.454 e. The van der Waals surface area contributed by atoms with Crippen molar-refractivity contribution in [1.82, 2.24) is 9.78 Å². The van der Waals surface area contributed by atoms with E-state index in [-0.39, 0.29) is 0 Å². The third-order valence-corrected chi connectivity index (χ3v) is 3.45. The second-order valence-corrected chi connectivity index (χ2v) is 4.84. The smallest absolute Gasteiger partial charge is 0.156 e. The highest BCUT2D eigenvalue weighted by atomic mass is 16.3. The van der Waals surface area contributed by atoms with E-state index in [0.29, 0.717) is 5.82 Å². The van der Waals surface area contributed by atoms with Crippen LogP contribution in [-0.2, 0) is 13.5 Å². The van der Waals surface area contributed by atoms with Gasteiger partial charge in [-0.1, -0.05) is 18.6 Å². The summed E-state index contributed by atoms with van der Waals surface area (Å²) in [5.41, 5.74) is 10.0. The Balaban J connectivity index is 2.21. The largest absolute Gasteiger partial charge is 0.454 e. The number of benzene rings is 1. The fourth-order valence-electron chi connectivity index (χ4n) is 2.41. The SMILES string of the molecule is CCc1c(-c2cc3cc(C)ccc3o2)nn(C)c1N. The highest BCUT2D eigenvalue weighted by Gasteiger charge is 2.17. The second-order valence-electron chi connectivity index (χ2n) is 4.84. The number of nitrogen functional groups attached to an aromatic ring is 1. The molecule has 1 aromatic carbocycles. The fourth-order valence-corrected chi connectivity index (χ4v) is 2.41. The molecule has 3 rings (SSSR count). The van der Waals surface area contributed by atoms with Gasteiger partial charge in [-0.05, 0) is 31.5 Å². The van der Waals surface area contributed by atoms with E-state index in [2.05, 4.69) is 25.0 Å². The number of rotatable bonds is 2. The first-order chi connectivity index (χ1) is 9.10. The van der Waals surface area contributed by atoms with Gasteiger partial charge in [0.25, 0.3) is 0 Å². The maximum absolute atomic E-state index is 6.03. The summed E-state index contributed by atoms with van der Waals surface area (Å²) in [7, 11) is 1.85. The van der Waals surface area contributed by atoms with Crippen molar-refractivity contribution in [2.45, 2.75) is 20.3 Å². The summed E-state index contributed by atoms with van der Waals surface area (Å²) in [6, 6.07) is 8.18. The third kappa shape index (κ3) is 1.80. The topological polar surface area (TPSA) is 57.0 Å². The number of nitrogens with zero attached hydrogens (tertiary/aromatic N) is 2. The number of hydrogen-bond donors (Lipinski definition) is 1. The number of aromatic nitrogens is 2. The molecule has 2 heterocycles. The lowest BCUT2D eigenvalue weighted by atomic mass is 10.1. The van der Waals surface area contributed by atoms with Crippen LogP contribution in [-0.4, -0.2) is 9.78 Å². The van der Waals surface area contributed by atoms with Gasteiger partial charge in [0.15, 0.2) is 5.76 Å². The summed E-state index contributed by atoms with van der Waals surface area (Å²) in [6.45, 7) is 4.14. The molecule has 2 aromatic heterocycles. The van der Waals surface area contributed by atoms with Crippen molar-refractivity contribution < 1.29 is 4.42 Å². The first kappa shape index (κ1) is 11.8. The molecule has 4 nitrogen and oxygen atoms in total. The molecule has 0 unspecified atom stereocenters. The Morgan fingerprint density at radius 2 is 2.11 bits per heavy atom. The lowest BCUT2D eigenvalue weighted by Crippen LogP contribution is -1.98. The molecule has 0 aliphatic heterocycles. The monoisotopic (exact) mass is 255 g/mol. The molecule has 19 heavy (non-hydrogen) atoms. The number of hydrogen-bond acceptors (Lipinski definition) is 3. The molecule has 0 amide bonds. The molecule has 0 bridgehead atoms. The Kier molecular flexibility index (Phi) is 2.59. The van der Waals surface area contributed by atoms with E-state index in [0.717, 1.165) is 34.4 Å². The van der Waals surface area contributed by atoms with Crippen molar-refractivity contribution in [3.63, 3.8) is 0 Å². The second kappa shape index (κ2) is 4.16. The fraction of sp³-hybridized carbons (Fsp3) is 0.267. The van der Waals surface area contributed by atoms with Gasteiger partial charge in [0.1, 0.15) is 17.1 Å². The van der Waals surface area contributed by atoms with Crippen LogP contribution in [0.2, 0.25) is 0 Å². The van der Waals surface area contributed by atoms with Crippen molar-refractivity contribution >= 4 is 16.8 Å². The Hall–Kier alpha value is -2.23. The number of anilines is 1. The van der Waals surface area contributed by atoms with Gasteiger partial charge in [0, 0.05) is 18.0 Å². The molecule has 0 aliphatic rings. The summed E-state index contributed by atoms with van der Waals surface area (Å²) >= 11 is 0. The lowest BCUT2D eigenvalue weighted by Gasteiger charge is -1.96. The molecule has 0 fully saturated rings. The van der Waals surface area contributed by atoms with Crippen molar-refractivity contribution in [2.75, 3.05) is 5.73 Å². The maximum Gasteiger partial charge on any atom is 0.156 e. The van der Waals surface area contributed by atoms with Crippen LogP contribution >= 0.6 is 0 Å². The average Bonchev–Trinajstić information content (AvgIpc) is 2.91. The van der Waals surface area contributed by atoms with E-state index in [4.69, 9.17) is 10.2 Å². The van der Waals surface area contributed by atoms with Gasteiger partial charge in [-0.25, -0.2) is 0 Å². The van der Waals surface area contributed by atoms with Gasteiger partial charge >= 0.3 is 0 Å². The van der Waals surface area contributed by atoms with Crippen LogP contribution in [0.3, 0.4) is 0 Å². The Morgan fingerprint density at radius 1 is 1.32 bits per heavy atom. The maximum atomic E-state index is 6.03. The van der Waals surface area contributed by atoms with E-state index in [1.54, 1.807) is 4.68 Å². The van der Waals surface area contributed by atoms with Crippen LogP contribution < -0.4 is 5.73 Å². The predicted octanol–water partition coefficient (Wildman–Crippen LogP) is 3.29. The number of aryl methyl sites for hydroxylation is 2. The van der Waals surface area contributed by atoms with Gasteiger partial charge in [-0.3, -0.25) is 4.68 Å². The quantitative estimate of drug-likeness (QED) is 0.764. The van der Waals surface area contributed by atoms with E-state index >= 15 is 0 Å². The molecular weight excluding hydrogens is 238 g/mol. The van der Waals surface area contributed by atoms with Crippen molar-refractivity contribution in [2.24, 2.45) is 7.05 Å². The van der Waals surface area contributed by atoms with Gasteiger partial charge in [0.05, 0.1) is 0 Å². The minimum atomic E-state index is 0.703. The first-order valence-electron chi connectivity index (χ1n) is 6.42. The van der Waals surface area contributed by atoms with E-state index < -0.39 is 0 Å². The van der Waals surface area contributed by atoms with Crippen LogP contribution in [0.1, 0.15) is 18.1 Å². The number of furan rings is 1. The van der Waals surface area contributed by atoms with Gasteiger partial charge in [0.2, 0.25) is 0 Å². The van der Waals surface area contributed by atoms with Crippen molar-refractivity contribution in [1.29, 1.82) is 0 Å². The zero-order chi connectivity index (χ0) is 13.6. The standard InChI is InChI=1S/C15H17N3O/c1-4-11-14(17-18(3)15(11)16)13-8-10-7-9(2)5-6-12(10)19-13/h5-8H,4,16H2,1-3H3. The summed E-state index contributed by atoms with van der Waals surface area (Å²) in [5.74, 6) is 1.49. The van der Waals surface area contributed by atoms with E-state index in [1.807, 2.05) is 25.2 Å². The third-order valence-electron chi connectivity index (χ3n) is 3.45. The highest BCUT2D eigenvalue weighted by molar-refractivity contribution is 5.83. The van der Waals surface area contributed by atoms with Crippen LogP contribution in [0, 0.1) is 6.92 Å². The van der Waals surface area contributed by atoms with Gasteiger partial charge in [-0.15, -0.1) is 0 Å². The van der Waals surface area contributed by atoms with Crippen LogP contribution in [0.4, 0.5) is 5.82 Å².